The molecular weight excluding hydrogens is 255 g/mol. The van der Waals surface area contributed by atoms with Crippen LogP contribution < -0.4 is 11.3 Å². The summed E-state index contributed by atoms with van der Waals surface area (Å²) >= 11 is 0. The number of nitrogens with two attached hydrogens (primary N) is 1. The molecular formula is C13H14F3N3. The first kappa shape index (κ1) is 13.6. The van der Waals surface area contributed by atoms with Gasteiger partial charge in [0.25, 0.3) is 0 Å². The minimum Gasteiger partial charge on any atom is -0.323 e. The lowest BCUT2D eigenvalue weighted by Gasteiger charge is -2.15. The van der Waals surface area contributed by atoms with Crippen LogP contribution in [-0.2, 0) is 6.18 Å². The van der Waals surface area contributed by atoms with E-state index in [4.69, 9.17) is 5.84 Å². The van der Waals surface area contributed by atoms with Gasteiger partial charge < -0.3 is 5.43 Å². The molecule has 1 aromatic carbocycles. The number of hydrogen-bond donors (Lipinski definition) is 2. The van der Waals surface area contributed by atoms with Crippen molar-refractivity contribution in [2.24, 2.45) is 5.84 Å². The zero-order chi connectivity index (χ0) is 14.2. The van der Waals surface area contributed by atoms with Crippen LogP contribution >= 0.6 is 0 Å². The highest BCUT2D eigenvalue weighted by Gasteiger charge is 2.33. The number of hydrazine groups is 1. The van der Waals surface area contributed by atoms with Gasteiger partial charge in [-0.25, -0.2) is 4.98 Å². The number of rotatable bonds is 2. The number of nitrogen functional groups attached to an aromatic ring is 1. The van der Waals surface area contributed by atoms with E-state index in [1.807, 2.05) is 13.8 Å². The summed E-state index contributed by atoms with van der Waals surface area (Å²) in [4.78, 5) is 3.76. The highest BCUT2D eigenvalue weighted by molar-refractivity contribution is 5.93. The number of benzene rings is 1. The Hall–Kier alpha value is -1.82. The second kappa shape index (κ2) is 4.70. The molecule has 0 aliphatic rings. The molecule has 102 valence electrons. The molecule has 0 saturated carbocycles. The number of para-hydroxylation sites is 1. The predicted octanol–water partition coefficient (Wildman–Crippen LogP) is 3.66. The average Bonchev–Trinajstić information content (AvgIpc) is 2.35. The van der Waals surface area contributed by atoms with Gasteiger partial charge in [0.1, 0.15) is 5.69 Å². The van der Waals surface area contributed by atoms with E-state index in [0.717, 1.165) is 11.6 Å². The monoisotopic (exact) mass is 269 g/mol. The number of fused-ring (bicyclic) bond motifs is 1. The van der Waals surface area contributed by atoms with Crippen molar-refractivity contribution in [1.29, 1.82) is 0 Å². The van der Waals surface area contributed by atoms with Gasteiger partial charge in [0.05, 0.1) is 11.2 Å². The van der Waals surface area contributed by atoms with E-state index in [0.29, 0.717) is 10.9 Å². The molecule has 0 unspecified atom stereocenters. The summed E-state index contributed by atoms with van der Waals surface area (Å²) in [5.74, 6) is 5.38. The van der Waals surface area contributed by atoms with E-state index in [9.17, 15) is 13.2 Å². The van der Waals surface area contributed by atoms with E-state index in [1.54, 1.807) is 18.2 Å². The van der Waals surface area contributed by atoms with Gasteiger partial charge >= 0.3 is 6.18 Å². The Kier molecular flexibility index (Phi) is 3.36. The number of anilines is 1. The normalized spacial score (nSPS) is 12.2. The van der Waals surface area contributed by atoms with Crippen LogP contribution in [0.25, 0.3) is 10.9 Å². The van der Waals surface area contributed by atoms with Crippen molar-refractivity contribution in [3.63, 3.8) is 0 Å². The molecule has 3 N–H and O–H groups in total. The van der Waals surface area contributed by atoms with Crippen LogP contribution in [0.4, 0.5) is 18.9 Å². The molecule has 0 fully saturated rings. The Morgan fingerprint density at radius 3 is 2.47 bits per heavy atom. The number of nitrogens with zero attached hydrogens (tertiary/aromatic N) is 1. The van der Waals surface area contributed by atoms with Crippen LogP contribution in [0.15, 0.2) is 24.3 Å². The standard InChI is InChI=1S/C13H14F3N3/c1-7(2)8-4-3-5-9-10(19-17)6-11(13(14,15)16)18-12(8)9/h3-7H,17H2,1-2H3,(H,18,19). The molecule has 1 heterocycles. The molecule has 1 aromatic heterocycles. The number of halogens is 3. The van der Waals surface area contributed by atoms with Crippen molar-refractivity contribution >= 4 is 16.6 Å². The highest BCUT2D eigenvalue weighted by atomic mass is 19.4. The third-order valence-corrected chi connectivity index (χ3v) is 2.94. The van der Waals surface area contributed by atoms with Gasteiger partial charge in [-0.2, -0.15) is 13.2 Å². The first-order valence-electron chi connectivity index (χ1n) is 5.82. The van der Waals surface area contributed by atoms with Crippen LogP contribution in [0.5, 0.6) is 0 Å². The van der Waals surface area contributed by atoms with Crippen molar-refractivity contribution < 1.29 is 13.2 Å². The largest absolute Gasteiger partial charge is 0.433 e. The molecule has 0 aliphatic heterocycles. The molecule has 0 radical (unpaired) electrons. The zero-order valence-electron chi connectivity index (χ0n) is 10.5. The summed E-state index contributed by atoms with van der Waals surface area (Å²) in [6, 6.07) is 6.18. The lowest BCUT2D eigenvalue weighted by atomic mass is 9.99. The van der Waals surface area contributed by atoms with E-state index >= 15 is 0 Å². The first-order valence-corrected chi connectivity index (χ1v) is 5.82. The SMILES string of the molecule is CC(C)c1cccc2c(NN)cc(C(F)(F)F)nc12. The fourth-order valence-electron chi connectivity index (χ4n) is 2.00. The van der Waals surface area contributed by atoms with Gasteiger partial charge in [0.15, 0.2) is 0 Å². The summed E-state index contributed by atoms with van der Waals surface area (Å²) < 4.78 is 38.5. The highest BCUT2D eigenvalue weighted by Crippen LogP contribution is 2.35. The quantitative estimate of drug-likeness (QED) is 0.646. The maximum Gasteiger partial charge on any atom is 0.433 e. The average molecular weight is 269 g/mol. The molecule has 2 aromatic rings. The number of aromatic nitrogens is 1. The van der Waals surface area contributed by atoms with Crippen molar-refractivity contribution in [2.45, 2.75) is 25.9 Å². The maximum absolute atomic E-state index is 12.8. The van der Waals surface area contributed by atoms with Gasteiger partial charge in [-0.3, -0.25) is 5.84 Å². The van der Waals surface area contributed by atoms with Crippen molar-refractivity contribution in [3.05, 3.63) is 35.5 Å². The number of hydrogen-bond acceptors (Lipinski definition) is 3. The predicted molar refractivity (Wildman–Crippen MR) is 68.6 cm³/mol. The third-order valence-electron chi connectivity index (χ3n) is 2.94. The smallest absolute Gasteiger partial charge is 0.323 e. The fraction of sp³-hybridized carbons (Fsp3) is 0.308. The van der Waals surface area contributed by atoms with Crippen LogP contribution in [-0.4, -0.2) is 4.98 Å². The molecule has 6 heteroatoms. The molecule has 0 amide bonds. The van der Waals surface area contributed by atoms with Crippen molar-refractivity contribution in [1.82, 2.24) is 4.98 Å². The molecule has 0 aliphatic carbocycles. The summed E-state index contributed by atoms with van der Waals surface area (Å²) in [6.07, 6.45) is -4.50. The van der Waals surface area contributed by atoms with Crippen LogP contribution in [0, 0.1) is 0 Å². The Morgan fingerprint density at radius 1 is 1.26 bits per heavy atom. The van der Waals surface area contributed by atoms with Gasteiger partial charge in [-0.15, -0.1) is 0 Å². The van der Waals surface area contributed by atoms with E-state index in [2.05, 4.69) is 10.4 Å². The Morgan fingerprint density at radius 2 is 1.95 bits per heavy atom. The minimum atomic E-state index is -4.50. The number of alkyl halides is 3. The lowest BCUT2D eigenvalue weighted by molar-refractivity contribution is -0.140. The topological polar surface area (TPSA) is 50.9 Å². The number of pyridine rings is 1. The number of nitrogens with one attached hydrogen (secondary N) is 1. The van der Waals surface area contributed by atoms with Crippen LogP contribution in [0.1, 0.15) is 31.0 Å². The molecule has 0 atom stereocenters. The van der Waals surface area contributed by atoms with Gasteiger partial charge in [-0.1, -0.05) is 32.0 Å². The Bertz CT molecular complexity index is 606. The maximum atomic E-state index is 12.8. The van der Waals surface area contributed by atoms with Crippen LogP contribution in [0.3, 0.4) is 0 Å². The van der Waals surface area contributed by atoms with Crippen molar-refractivity contribution in [2.75, 3.05) is 5.43 Å². The first-order chi connectivity index (χ1) is 8.84. The minimum absolute atomic E-state index is 0.0744. The van der Waals surface area contributed by atoms with E-state index in [-0.39, 0.29) is 11.6 Å². The van der Waals surface area contributed by atoms with Gasteiger partial charge in [-0.05, 0) is 17.5 Å². The molecule has 0 saturated heterocycles. The summed E-state index contributed by atoms with van der Waals surface area (Å²) in [7, 11) is 0. The zero-order valence-corrected chi connectivity index (χ0v) is 10.5. The summed E-state index contributed by atoms with van der Waals surface area (Å²) in [6.45, 7) is 3.82. The van der Waals surface area contributed by atoms with E-state index < -0.39 is 11.9 Å². The Labute approximate surface area is 108 Å². The molecule has 2 rings (SSSR count). The summed E-state index contributed by atoms with van der Waals surface area (Å²) in [5.41, 5.74) is 2.68. The van der Waals surface area contributed by atoms with Gasteiger partial charge in [0, 0.05) is 5.39 Å². The van der Waals surface area contributed by atoms with Crippen LogP contribution in [0.2, 0.25) is 0 Å². The second-order valence-corrected chi connectivity index (χ2v) is 4.60. The molecule has 3 nitrogen and oxygen atoms in total. The third kappa shape index (κ3) is 2.49. The van der Waals surface area contributed by atoms with Crippen molar-refractivity contribution in [3.8, 4) is 0 Å². The molecule has 19 heavy (non-hydrogen) atoms. The lowest BCUT2D eigenvalue weighted by Crippen LogP contribution is -2.13. The summed E-state index contributed by atoms with van der Waals surface area (Å²) in [5, 5.41) is 0.585. The van der Waals surface area contributed by atoms with Gasteiger partial charge in [0.2, 0.25) is 0 Å². The molecule has 0 spiro atoms. The van der Waals surface area contributed by atoms with E-state index in [1.165, 1.54) is 0 Å². The second-order valence-electron chi connectivity index (χ2n) is 4.60. The molecule has 0 bridgehead atoms. The Balaban J connectivity index is 2.82. The fourth-order valence-corrected chi connectivity index (χ4v) is 2.00.